The van der Waals surface area contributed by atoms with Gasteiger partial charge in [-0.25, -0.2) is 12.8 Å². The number of halogens is 1. The molecule has 2 N–H and O–H groups in total. The van der Waals surface area contributed by atoms with Crippen LogP contribution in [0.25, 0.3) is 0 Å². The van der Waals surface area contributed by atoms with Crippen LogP contribution >= 0.6 is 0 Å². The lowest BCUT2D eigenvalue weighted by molar-refractivity contribution is 0.287. The first-order valence-electron chi connectivity index (χ1n) is 6.44. The van der Waals surface area contributed by atoms with Crippen molar-refractivity contribution in [1.29, 1.82) is 0 Å². The SMILES string of the molecule is CC1CCN(S(=O)(=O)c2cc(CN)ccc2F)CC1. The van der Waals surface area contributed by atoms with Gasteiger partial charge in [0, 0.05) is 19.6 Å². The van der Waals surface area contributed by atoms with Gasteiger partial charge < -0.3 is 5.73 Å². The highest BCUT2D eigenvalue weighted by molar-refractivity contribution is 7.89. The van der Waals surface area contributed by atoms with E-state index in [2.05, 4.69) is 6.92 Å². The summed E-state index contributed by atoms with van der Waals surface area (Å²) in [4.78, 5) is -0.259. The molecule has 0 aromatic heterocycles. The van der Waals surface area contributed by atoms with Gasteiger partial charge in [-0.05, 0) is 36.5 Å². The van der Waals surface area contributed by atoms with Gasteiger partial charge in [-0.2, -0.15) is 4.31 Å². The molecule has 1 aromatic carbocycles. The van der Waals surface area contributed by atoms with E-state index in [0.29, 0.717) is 24.6 Å². The molecule has 1 saturated heterocycles. The normalized spacial score (nSPS) is 18.7. The maximum Gasteiger partial charge on any atom is 0.245 e. The molecule has 4 nitrogen and oxygen atoms in total. The molecule has 2 rings (SSSR count). The van der Waals surface area contributed by atoms with Gasteiger partial charge in [0.1, 0.15) is 10.7 Å². The number of hydrogen-bond donors (Lipinski definition) is 1. The largest absolute Gasteiger partial charge is 0.326 e. The van der Waals surface area contributed by atoms with Crippen LogP contribution in [0, 0.1) is 11.7 Å². The first kappa shape index (κ1) is 14.4. The number of benzene rings is 1. The molecule has 1 aliphatic rings. The lowest BCUT2D eigenvalue weighted by Gasteiger charge is -2.29. The maximum atomic E-state index is 13.8. The second-order valence-corrected chi connectivity index (χ2v) is 6.96. The molecule has 0 spiro atoms. The standard InChI is InChI=1S/C13H19FN2O2S/c1-10-4-6-16(7-5-10)19(17,18)13-8-11(9-15)2-3-12(13)14/h2-3,8,10H,4-7,9,15H2,1H3. The van der Waals surface area contributed by atoms with E-state index in [0.717, 1.165) is 12.8 Å². The summed E-state index contributed by atoms with van der Waals surface area (Å²) < 4.78 is 40.0. The summed E-state index contributed by atoms with van der Waals surface area (Å²) in [7, 11) is -3.75. The second-order valence-electron chi connectivity index (χ2n) is 5.06. The summed E-state index contributed by atoms with van der Waals surface area (Å²) >= 11 is 0. The van der Waals surface area contributed by atoms with E-state index in [1.165, 1.54) is 22.5 Å². The molecule has 1 aliphatic heterocycles. The number of nitrogens with two attached hydrogens (primary N) is 1. The molecular weight excluding hydrogens is 267 g/mol. The molecule has 106 valence electrons. The van der Waals surface area contributed by atoms with Gasteiger partial charge in [-0.3, -0.25) is 0 Å². The topological polar surface area (TPSA) is 63.4 Å². The van der Waals surface area contributed by atoms with Crippen LogP contribution in [0.5, 0.6) is 0 Å². The van der Waals surface area contributed by atoms with Gasteiger partial charge in [0.05, 0.1) is 0 Å². The van der Waals surface area contributed by atoms with Gasteiger partial charge >= 0.3 is 0 Å². The van der Waals surface area contributed by atoms with E-state index in [1.54, 1.807) is 0 Å². The molecule has 0 radical (unpaired) electrons. The Balaban J connectivity index is 2.34. The number of rotatable bonds is 3. The summed E-state index contributed by atoms with van der Waals surface area (Å²) in [6, 6.07) is 4.01. The summed E-state index contributed by atoms with van der Waals surface area (Å²) in [5, 5.41) is 0. The lowest BCUT2D eigenvalue weighted by atomic mass is 10.0. The third-order valence-electron chi connectivity index (χ3n) is 3.59. The lowest BCUT2D eigenvalue weighted by Crippen LogP contribution is -2.38. The van der Waals surface area contributed by atoms with Crippen LogP contribution in [0.15, 0.2) is 23.1 Å². The minimum Gasteiger partial charge on any atom is -0.326 e. The van der Waals surface area contributed by atoms with Crippen molar-refractivity contribution in [2.75, 3.05) is 13.1 Å². The van der Waals surface area contributed by atoms with Crippen molar-refractivity contribution in [2.45, 2.75) is 31.2 Å². The minimum absolute atomic E-state index is 0.194. The fourth-order valence-corrected chi connectivity index (χ4v) is 3.82. The fraction of sp³-hybridized carbons (Fsp3) is 0.538. The van der Waals surface area contributed by atoms with Crippen LogP contribution in [0.1, 0.15) is 25.3 Å². The van der Waals surface area contributed by atoms with Crippen molar-refractivity contribution in [3.63, 3.8) is 0 Å². The number of piperidine rings is 1. The number of hydrogen-bond acceptors (Lipinski definition) is 3. The second kappa shape index (κ2) is 5.56. The quantitative estimate of drug-likeness (QED) is 0.920. The smallest absolute Gasteiger partial charge is 0.245 e. The van der Waals surface area contributed by atoms with Crippen molar-refractivity contribution in [3.05, 3.63) is 29.6 Å². The number of nitrogens with zero attached hydrogens (tertiary/aromatic N) is 1. The average molecular weight is 286 g/mol. The Hall–Kier alpha value is -0.980. The van der Waals surface area contributed by atoms with E-state index in [1.807, 2.05) is 0 Å². The summed E-state index contributed by atoms with van der Waals surface area (Å²) in [5.41, 5.74) is 6.09. The molecular formula is C13H19FN2O2S. The van der Waals surface area contributed by atoms with Crippen LogP contribution in [0.3, 0.4) is 0 Å². The molecule has 0 amide bonds. The van der Waals surface area contributed by atoms with Gasteiger partial charge in [0.15, 0.2) is 0 Å². The zero-order chi connectivity index (χ0) is 14.0. The molecule has 6 heteroatoms. The van der Waals surface area contributed by atoms with Crippen molar-refractivity contribution in [3.8, 4) is 0 Å². The summed E-state index contributed by atoms with van der Waals surface area (Å²) in [6.45, 7) is 3.20. The Kier molecular flexibility index (Phi) is 4.23. The van der Waals surface area contributed by atoms with Crippen molar-refractivity contribution < 1.29 is 12.8 Å². The summed E-state index contributed by atoms with van der Waals surface area (Å²) in [5.74, 6) is -0.192. The summed E-state index contributed by atoms with van der Waals surface area (Å²) in [6.07, 6.45) is 1.63. The Bertz CT molecular complexity index is 552. The zero-order valence-electron chi connectivity index (χ0n) is 11.0. The van der Waals surface area contributed by atoms with Gasteiger partial charge in [0.2, 0.25) is 10.0 Å². The van der Waals surface area contributed by atoms with Gasteiger partial charge in [-0.15, -0.1) is 0 Å². The van der Waals surface area contributed by atoms with Crippen molar-refractivity contribution in [2.24, 2.45) is 11.7 Å². The van der Waals surface area contributed by atoms with Gasteiger partial charge in [0.25, 0.3) is 0 Å². The molecule has 1 aromatic rings. The molecule has 0 bridgehead atoms. The Morgan fingerprint density at radius 2 is 2.00 bits per heavy atom. The maximum absolute atomic E-state index is 13.8. The van der Waals surface area contributed by atoms with E-state index in [4.69, 9.17) is 5.73 Å². The van der Waals surface area contributed by atoms with E-state index < -0.39 is 15.8 Å². The highest BCUT2D eigenvalue weighted by atomic mass is 32.2. The van der Waals surface area contributed by atoms with E-state index >= 15 is 0 Å². The predicted molar refractivity (Wildman–Crippen MR) is 71.4 cm³/mol. The van der Waals surface area contributed by atoms with Crippen LogP contribution in [-0.2, 0) is 16.6 Å². The van der Waals surface area contributed by atoms with Crippen LogP contribution in [0.2, 0.25) is 0 Å². The van der Waals surface area contributed by atoms with Crippen LogP contribution < -0.4 is 5.73 Å². The van der Waals surface area contributed by atoms with Gasteiger partial charge in [-0.1, -0.05) is 13.0 Å². The van der Waals surface area contributed by atoms with Crippen LogP contribution in [0.4, 0.5) is 4.39 Å². The number of sulfonamides is 1. The van der Waals surface area contributed by atoms with E-state index in [-0.39, 0.29) is 11.4 Å². The Labute approximate surface area is 113 Å². The van der Waals surface area contributed by atoms with Crippen LogP contribution in [-0.4, -0.2) is 25.8 Å². The minimum atomic E-state index is -3.75. The van der Waals surface area contributed by atoms with Crippen molar-refractivity contribution >= 4 is 10.0 Å². The molecule has 1 fully saturated rings. The molecule has 0 unspecified atom stereocenters. The fourth-order valence-electron chi connectivity index (χ4n) is 2.24. The first-order chi connectivity index (χ1) is 8.95. The van der Waals surface area contributed by atoms with Crippen molar-refractivity contribution in [1.82, 2.24) is 4.31 Å². The Morgan fingerprint density at radius 3 is 2.58 bits per heavy atom. The Morgan fingerprint density at radius 1 is 1.37 bits per heavy atom. The highest BCUT2D eigenvalue weighted by Crippen LogP contribution is 2.25. The predicted octanol–water partition coefficient (Wildman–Crippen LogP) is 1.71. The average Bonchev–Trinajstić information content (AvgIpc) is 2.39. The zero-order valence-corrected chi connectivity index (χ0v) is 11.8. The molecule has 0 aliphatic carbocycles. The molecule has 0 saturated carbocycles. The monoisotopic (exact) mass is 286 g/mol. The van der Waals surface area contributed by atoms with E-state index in [9.17, 15) is 12.8 Å². The molecule has 19 heavy (non-hydrogen) atoms. The molecule has 0 atom stereocenters. The molecule has 1 heterocycles. The third-order valence-corrected chi connectivity index (χ3v) is 5.51. The highest BCUT2D eigenvalue weighted by Gasteiger charge is 2.30. The first-order valence-corrected chi connectivity index (χ1v) is 7.88. The third kappa shape index (κ3) is 2.96.